The summed E-state index contributed by atoms with van der Waals surface area (Å²) in [7, 11) is 3.26. The van der Waals surface area contributed by atoms with Gasteiger partial charge in [0.25, 0.3) is 0 Å². The van der Waals surface area contributed by atoms with E-state index in [1.165, 1.54) is 0 Å². The van der Waals surface area contributed by atoms with Crippen LogP contribution in [0.25, 0.3) is 0 Å². The van der Waals surface area contributed by atoms with Crippen LogP contribution >= 0.6 is 11.6 Å². The smallest absolute Gasteiger partial charge is 0.126 e. The monoisotopic (exact) mass is 274 g/mol. The molecule has 0 spiro atoms. The third kappa shape index (κ3) is 2.28. The average molecular weight is 275 g/mol. The van der Waals surface area contributed by atoms with E-state index in [2.05, 4.69) is 5.10 Å². The Kier molecular flexibility index (Phi) is 4.27. The molecule has 1 heterocycles. The summed E-state index contributed by atoms with van der Waals surface area (Å²) in [5.74, 6) is 0. The van der Waals surface area contributed by atoms with Gasteiger partial charge < -0.3 is 14.6 Å². The van der Waals surface area contributed by atoms with Gasteiger partial charge in [-0.1, -0.05) is 11.6 Å². The van der Waals surface area contributed by atoms with Crippen molar-refractivity contribution in [3.63, 3.8) is 0 Å². The van der Waals surface area contributed by atoms with Crippen molar-refractivity contribution in [2.45, 2.75) is 37.5 Å². The van der Waals surface area contributed by atoms with Gasteiger partial charge in [-0.2, -0.15) is 5.10 Å². The van der Waals surface area contributed by atoms with Crippen LogP contribution in [-0.2, 0) is 16.0 Å². The number of ether oxygens (including phenoxy) is 2. The van der Waals surface area contributed by atoms with Crippen LogP contribution < -0.4 is 0 Å². The molecule has 0 saturated heterocycles. The van der Waals surface area contributed by atoms with Gasteiger partial charge in [0.15, 0.2) is 0 Å². The molecule has 0 radical (unpaired) electrons. The maximum absolute atomic E-state index is 10.5. The Morgan fingerprint density at radius 3 is 2.78 bits per heavy atom. The van der Waals surface area contributed by atoms with E-state index in [9.17, 15) is 5.11 Å². The number of hydrogen-bond acceptors (Lipinski definition) is 4. The van der Waals surface area contributed by atoms with E-state index in [-0.39, 0.29) is 0 Å². The fourth-order valence-corrected chi connectivity index (χ4v) is 2.61. The molecule has 5 nitrogen and oxygen atoms in total. The Labute approximate surface area is 112 Å². The maximum Gasteiger partial charge on any atom is 0.126 e. The van der Waals surface area contributed by atoms with Gasteiger partial charge in [-0.05, 0) is 19.3 Å². The zero-order chi connectivity index (χ0) is 13.2. The van der Waals surface area contributed by atoms with Crippen LogP contribution in [0.5, 0.6) is 0 Å². The van der Waals surface area contributed by atoms with Gasteiger partial charge in [-0.3, -0.25) is 4.68 Å². The highest BCUT2D eigenvalue weighted by Crippen LogP contribution is 2.46. The zero-order valence-electron chi connectivity index (χ0n) is 10.7. The van der Waals surface area contributed by atoms with E-state index in [0.717, 1.165) is 19.3 Å². The molecule has 102 valence electrons. The van der Waals surface area contributed by atoms with Crippen molar-refractivity contribution in [2.75, 3.05) is 20.8 Å². The fraction of sp³-hybridized carbons (Fsp3) is 0.750. The predicted octanol–water partition coefficient (Wildman–Crippen LogP) is 1.79. The molecule has 1 aliphatic rings. The van der Waals surface area contributed by atoms with Crippen molar-refractivity contribution in [2.24, 2.45) is 0 Å². The third-order valence-corrected chi connectivity index (χ3v) is 4.00. The van der Waals surface area contributed by atoms with E-state index in [1.807, 2.05) is 0 Å². The number of aliphatic hydroxyl groups excluding tert-OH is 1. The molecular formula is C12H19ClN2O3. The average Bonchev–Trinajstić information content (AvgIpc) is 2.67. The van der Waals surface area contributed by atoms with Gasteiger partial charge in [-0.15, -0.1) is 0 Å². The third-order valence-electron chi connectivity index (χ3n) is 3.70. The predicted molar refractivity (Wildman–Crippen MR) is 67.7 cm³/mol. The summed E-state index contributed by atoms with van der Waals surface area (Å²) >= 11 is 6.12. The first-order chi connectivity index (χ1) is 8.64. The Balaban J connectivity index is 2.23. The van der Waals surface area contributed by atoms with Crippen LogP contribution in [0.2, 0.25) is 5.02 Å². The minimum absolute atomic E-state index is 0.474. The lowest BCUT2D eigenvalue weighted by Gasteiger charge is -2.44. The molecule has 0 bridgehead atoms. The molecule has 1 atom stereocenters. The van der Waals surface area contributed by atoms with Gasteiger partial charge in [0.1, 0.15) is 6.10 Å². The SMILES string of the molecule is COCCn1ncc(Cl)c1C(O)C1(OC)CCC1. The number of hydrogen-bond donors (Lipinski definition) is 1. The van der Waals surface area contributed by atoms with E-state index < -0.39 is 11.7 Å². The molecule has 1 fully saturated rings. The molecular weight excluding hydrogens is 256 g/mol. The van der Waals surface area contributed by atoms with Crippen LogP contribution in [0.15, 0.2) is 6.20 Å². The molecule has 0 amide bonds. The summed E-state index contributed by atoms with van der Waals surface area (Å²) in [5.41, 5.74) is 0.115. The summed E-state index contributed by atoms with van der Waals surface area (Å²) in [6.07, 6.45) is 3.56. The van der Waals surface area contributed by atoms with E-state index >= 15 is 0 Å². The topological polar surface area (TPSA) is 56.5 Å². The summed E-state index contributed by atoms with van der Waals surface area (Å²) in [6.45, 7) is 1.09. The highest BCUT2D eigenvalue weighted by Gasteiger charge is 2.46. The molecule has 1 aliphatic carbocycles. The van der Waals surface area contributed by atoms with Crippen LogP contribution in [0.4, 0.5) is 0 Å². The number of aromatic nitrogens is 2. The fourth-order valence-electron chi connectivity index (χ4n) is 2.36. The molecule has 6 heteroatoms. The summed E-state index contributed by atoms with van der Waals surface area (Å²) < 4.78 is 12.2. The number of aliphatic hydroxyl groups is 1. The van der Waals surface area contributed by atoms with Gasteiger partial charge >= 0.3 is 0 Å². The van der Waals surface area contributed by atoms with Gasteiger partial charge in [0.05, 0.1) is 35.7 Å². The minimum atomic E-state index is -0.747. The van der Waals surface area contributed by atoms with Crippen molar-refractivity contribution in [1.29, 1.82) is 0 Å². The second kappa shape index (κ2) is 5.57. The number of rotatable bonds is 6. The quantitative estimate of drug-likeness (QED) is 0.859. The molecule has 1 unspecified atom stereocenters. The highest BCUT2D eigenvalue weighted by molar-refractivity contribution is 6.31. The van der Waals surface area contributed by atoms with Gasteiger partial charge in [0, 0.05) is 14.2 Å². The molecule has 1 aromatic heterocycles. The van der Waals surface area contributed by atoms with Crippen molar-refractivity contribution in [3.05, 3.63) is 16.9 Å². The van der Waals surface area contributed by atoms with Crippen LogP contribution in [0.1, 0.15) is 31.1 Å². The minimum Gasteiger partial charge on any atom is -0.384 e. The van der Waals surface area contributed by atoms with E-state index in [0.29, 0.717) is 23.9 Å². The lowest BCUT2D eigenvalue weighted by molar-refractivity contribution is -0.154. The first-order valence-electron chi connectivity index (χ1n) is 6.08. The van der Waals surface area contributed by atoms with E-state index in [4.69, 9.17) is 21.1 Å². The Bertz CT molecular complexity index is 399. The molecule has 0 aromatic carbocycles. The Morgan fingerprint density at radius 1 is 1.56 bits per heavy atom. The largest absolute Gasteiger partial charge is 0.384 e. The van der Waals surface area contributed by atoms with Crippen molar-refractivity contribution in [1.82, 2.24) is 9.78 Å². The normalized spacial score (nSPS) is 19.6. The number of methoxy groups -OCH3 is 2. The first kappa shape index (κ1) is 13.8. The van der Waals surface area contributed by atoms with Crippen LogP contribution in [0, 0.1) is 0 Å². The van der Waals surface area contributed by atoms with Crippen molar-refractivity contribution < 1.29 is 14.6 Å². The second-order valence-electron chi connectivity index (χ2n) is 4.62. The molecule has 1 aromatic rings. The Hall–Kier alpha value is -0.620. The maximum atomic E-state index is 10.5. The van der Waals surface area contributed by atoms with E-state index in [1.54, 1.807) is 25.1 Å². The molecule has 18 heavy (non-hydrogen) atoms. The van der Waals surface area contributed by atoms with Gasteiger partial charge in [-0.25, -0.2) is 0 Å². The molecule has 2 rings (SSSR count). The van der Waals surface area contributed by atoms with Gasteiger partial charge in [0.2, 0.25) is 0 Å². The summed E-state index contributed by atoms with van der Waals surface area (Å²) in [4.78, 5) is 0. The highest BCUT2D eigenvalue weighted by atomic mass is 35.5. The summed E-state index contributed by atoms with van der Waals surface area (Å²) in [5, 5.41) is 15.2. The summed E-state index contributed by atoms with van der Waals surface area (Å²) in [6, 6.07) is 0. The number of nitrogens with zero attached hydrogens (tertiary/aromatic N) is 2. The zero-order valence-corrected chi connectivity index (χ0v) is 11.5. The van der Waals surface area contributed by atoms with Crippen LogP contribution in [0.3, 0.4) is 0 Å². The standard InChI is InChI=1S/C12H19ClN2O3/c1-17-7-6-15-10(9(13)8-14-15)11(16)12(18-2)4-3-5-12/h8,11,16H,3-7H2,1-2H3. The first-order valence-corrected chi connectivity index (χ1v) is 6.46. The van der Waals surface area contributed by atoms with Crippen molar-refractivity contribution in [3.8, 4) is 0 Å². The lowest BCUT2D eigenvalue weighted by atomic mass is 9.74. The second-order valence-corrected chi connectivity index (χ2v) is 5.03. The number of halogens is 1. The molecule has 1 saturated carbocycles. The van der Waals surface area contributed by atoms with Crippen LogP contribution in [-0.4, -0.2) is 41.3 Å². The molecule has 1 N–H and O–H groups in total. The molecule has 0 aliphatic heterocycles. The Morgan fingerprint density at radius 2 is 2.28 bits per heavy atom. The lowest BCUT2D eigenvalue weighted by Crippen LogP contribution is -2.45. The van der Waals surface area contributed by atoms with Crippen molar-refractivity contribution >= 4 is 11.6 Å².